The number of benzene rings is 2. The van der Waals surface area contributed by atoms with Crippen LogP contribution in [0.3, 0.4) is 0 Å². The first-order valence-corrected chi connectivity index (χ1v) is 24.5. The van der Waals surface area contributed by atoms with Crippen LogP contribution in [-0.2, 0) is 12.8 Å². The quantitative estimate of drug-likeness (QED) is 0.0867. The Labute approximate surface area is 287 Å². The topological polar surface area (TPSA) is 95.8 Å². The molecule has 0 aliphatic rings. The van der Waals surface area contributed by atoms with E-state index in [1.165, 1.54) is 36.2 Å². The Hall–Kier alpha value is -2.56. The summed E-state index contributed by atoms with van der Waals surface area (Å²) < 4.78 is 39.1. The summed E-state index contributed by atoms with van der Waals surface area (Å²) in [5, 5.41) is 21.8. The second-order valence-corrected chi connectivity index (χ2v) is 25.2. The summed E-state index contributed by atoms with van der Waals surface area (Å²) in [7, 11) is 9.67. The van der Waals surface area contributed by atoms with Crippen molar-refractivity contribution in [3.63, 3.8) is 0 Å². The fraction of sp³-hybridized carbons (Fsp3) is 0.579. The first kappa shape index (κ1) is 40.6. The molecule has 0 spiro atoms. The van der Waals surface area contributed by atoms with E-state index < -0.39 is 18.4 Å². The summed E-state index contributed by atoms with van der Waals surface area (Å²) in [5.41, 5.74) is 3.95. The van der Waals surface area contributed by atoms with Crippen molar-refractivity contribution < 1.29 is 38.6 Å². The molecule has 2 N–H and O–H groups in total. The van der Waals surface area contributed by atoms with Crippen LogP contribution in [0.5, 0.6) is 34.5 Å². The van der Waals surface area contributed by atoms with E-state index in [0.717, 1.165) is 41.5 Å². The van der Waals surface area contributed by atoms with Crippen molar-refractivity contribution in [2.75, 3.05) is 55.9 Å². The van der Waals surface area contributed by atoms with Gasteiger partial charge in [-0.1, -0.05) is 0 Å². The predicted molar refractivity (Wildman–Crippen MR) is 194 cm³/mol. The number of unbranched alkanes of at least 4 members (excludes halogenated alkanes) is 3. The minimum absolute atomic E-state index is 0.0416. The molecule has 0 amide bonds. The number of ether oxygens (including phenoxy) is 6. The van der Waals surface area contributed by atoms with Crippen LogP contribution in [0.25, 0.3) is 0 Å². The summed E-state index contributed by atoms with van der Waals surface area (Å²) in [6, 6.07) is 7.89. The summed E-state index contributed by atoms with van der Waals surface area (Å²) in [4.78, 5) is 0. The molecule has 0 bridgehead atoms. The van der Waals surface area contributed by atoms with Gasteiger partial charge in [0, 0.05) is 0 Å². The fourth-order valence-corrected chi connectivity index (χ4v) is 24.0. The van der Waals surface area contributed by atoms with E-state index in [-0.39, 0.29) is 13.2 Å². The SMILES string of the molecule is CCC[CH2][Sn]([CH2]CCC)([CH2]CCC)[C](=C/CO)/C(Cc1cc(OC)c(OC)c(OC)c1)=C(\CO)Cc1cc(OC)c(OC)c(OC)c1. The molecule has 0 fully saturated rings. The van der Waals surface area contributed by atoms with E-state index in [0.29, 0.717) is 47.3 Å². The second kappa shape index (κ2) is 21.4. The van der Waals surface area contributed by atoms with Gasteiger partial charge in [-0.05, 0) is 0 Å². The molecule has 47 heavy (non-hydrogen) atoms. The molecule has 0 aromatic heterocycles. The Bertz CT molecular complexity index is 1230. The second-order valence-electron chi connectivity index (χ2n) is 12.1. The molecule has 2 rings (SSSR count). The molecule has 0 heterocycles. The Morgan fingerprint density at radius 1 is 0.596 bits per heavy atom. The molecular formula is C38H60O8Sn. The molecular weight excluding hydrogens is 703 g/mol. The van der Waals surface area contributed by atoms with E-state index in [9.17, 15) is 10.2 Å². The molecule has 8 nitrogen and oxygen atoms in total. The molecule has 2 aromatic carbocycles. The third-order valence-corrected chi connectivity index (χ3v) is 25.0. The normalized spacial score (nSPS) is 12.4. The third-order valence-electron chi connectivity index (χ3n) is 9.08. The van der Waals surface area contributed by atoms with Crippen molar-refractivity contribution in [2.24, 2.45) is 0 Å². The first-order chi connectivity index (χ1) is 22.8. The van der Waals surface area contributed by atoms with Gasteiger partial charge < -0.3 is 0 Å². The van der Waals surface area contributed by atoms with Crippen LogP contribution in [0.2, 0.25) is 13.3 Å². The van der Waals surface area contributed by atoms with Crippen LogP contribution in [-0.4, -0.2) is 84.5 Å². The monoisotopic (exact) mass is 764 g/mol. The Morgan fingerprint density at radius 2 is 0.979 bits per heavy atom. The van der Waals surface area contributed by atoms with Gasteiger partial charge in [0.15, 0.2) is 0 Å². The Morgan fingerprint density at radius 3 is 1.28 bits per heavy atom. The van der Waals surface area contributed by atoms with Gasteiger partial charge in [-0.25, -0.2) is 0 Å². The zero-order valence-corrected chi connectivity index (χ0v) is 33.3. The van der Waals surface area contributed by atoms with Crippen molar-refractivity contribution in [3.8, 4) is 34.5 Å². The van der Waals surface area contributed by atoms with Gasteiger partial charge in [0.1, 0.15) is 0 Å². The fourth-order valence-electron chi connectivity index (χ4n) is 6.67. The molecule has 0 saturated carbocycles. The molecule has 2 aromatic rings. The third kappa shape index (κ3) is 10.7. The number of aliphatic hydroxyl groups excluding tert-OH is 2. The zero-order chi connectivity index (χ0) is 34.8. The van der Waals surface area contributed by atoms with Gasteiger partial charge in [-0.3, -0.25) is 0 Å². The molecule has 9 heteroatoms. The molecule has 0 atom stereocenters. The van der Waals surface area contributed by atoms with Crippen LogP contribution in [0, 0.1) is 0 Å². The number of methoxy groups -OCH3 is 6. The van der Waals surface area contributed by atoms with E-state index in [1.807, 2.05) is 24.3 Å². The zero-order valence-electron chi connectivity index (χ0n) is 30.4. The minimum atomic E-state index is -3.18. The van der Waals surface area contributed by atoms with Crippen molar-refractivity contribution in [1.29, 1.82) is 0 Å². The van der Waals surface area contributed by atoms with Gasteiger partial charge in [-0.2, -0.15) is 0 Å². The van der Waals surface area contributed by atoms with Crippen molar-refractivity contribution in [3.05, 3.63) is 56.2 Å². The number of hydrogen-bond donors (Lipinski definition) is 2. The summed E-state index contributed by atoms with van der Waals surface area (Å²) in [6.45, 7) is 6.63. The number of rotatable bonds is 23. The van der Waals surface area contributed by atoms with Crippen molar-refractivity contribution in [1.82, 2.24) is 0 Å². The van der Waals surface area contributed by atoms with E-state index in [4.69, 9.17) is 28.4 Å². The van der Waals surface area contributed by atoms with Gasteiger partial charge >= 0.3 is 289 Å². The van der Waals surface area contributed by atoms with E-state index in [1.54, 1.807) is 42.7 Å². The van der Waals surface area contributed by atoms with Gasteiger partial charge in [0.2, 0.25) is 0 Å². The number of hydrogen-bond acceptors (Lipinski definition) is 8. The van der Waals surface area contributed by atoms with Crippen LogP contribution < -0.4 is 28.4 Å². The number of allylic oxidation sites excluding steroid dienone is 2. The Kier molecular flexibility index (Phi) is 18.5. The van der Waals surface area contributed by atoms with Crippen molar-refractivity contribution >= 4 is 18.4 Å². The summed E-state index contributed by atoms with van der Waals surface area (Å²) in [5.74, 6) is 3.37. The van der Waals surface area contributed by atoms with Crippen LogP contribution in [0.1, 0.15) is 70.4 Å². The molecule has 264 valence electrons. The van der Waals surface area contributed by atoms with Gasteiger partial charge in [0.05, 0.1) is 0 Å². The van der Waals surface area contributed by atoms with Gasteiger partial charge in [-0.15, -0.1) is 0 Å². The van der Waals surface area contributed by atoms with Crippen LogP contribution in [0.15, 0.2) is 45.1 Å². The van der Waals surface area contributed by atoms with Gasteiger partial charge in [0.25, 0.3) is 0 Å². The molecule has 0 unspecified atom stereocenters. The average molecular weight is 764 g/mol. The molecule has 0 saturated heterocycles. The summed E-state index contributed by atoms with van der Waals surface area (Å²) in [6.07, 6.45) is 10.0. The molecule has 0 aliphatic heterocycles. The van der Waals surface area contributed by atoms with Crippen LogP contribution in [0.4, 0.5) is 0 Å². The van der Waals surface area contributed by atoms with Crippen molar-refractivity contribution in [2.45, 2.75) is 85.4 Å². The van der Waals surface area contributed by atoms with Crippen LogP contribution >= 0.6 is 0 Å². The standard InChI is InChI=1S/C26H33O8.3C4H9.Sn/c1-29-21-12-17(13-22(30-2)25(21)33-5)10-19(8-7-9-27)20(16-28)11-18-14-23(31-3)26(34-6)24(15-18)32-4;3*1-3-4-2;/h7,12-15,27-28H,9-11,16H2,1-6H3;3*1,3-4H2,2H3;/b8-7?,20-19+;;;;. The maximum atomic E-state index is 11.2. The molecule has 0 aliphatic carbocycles. The Balaban J connectivity index is 3.00. The molecule has 0 radical (unpaired) electrons. The predicted octanol–water partition coefficient (Wildman–Crippen LogP) is 8.12. The van der Waals surface area contributed by atoms with E-state index in [2.05, 4.69) is 26.8 Å². The average Bonchev–Trinajstić information content (AvgIpc) is 3.10. The number of aliphatic hydroxyl groups is 2. The van der Waals surface area contributed by atoms with E-state index >= 15 is 0 Å². The maximum absolute atomic E-state index is 11.2. The first-order valence-electron chi connectivity index (χ1n) is 17.0. The summed E-state index contributed by atoms with van der Waals surface area (Å²) >= 11 is -3.18.